The van der Waals surface area contributed by atoms with Gasteiger partial charge in [-0.1, -0.05) is 12.1 Å². The Morgan fingerprint density at radius 3 is 2.27 bits per heavy atom. The first-order valence-electron chi connectivity index (χ1n) is 14.0. The smallest absolute Gasteiger partial charge is 0.354 e. The molecule has 0 radical (unpaired) electrons. The Kier molecular flexibility index (Phi) is 9.39. The van der Waals surface area contributed by atoms with Crippen molar-refractivity contribution in [2.24, 2.45) is 29.2 Å². The van der Waals surface area contributed by atoms with Gasteiger partial charge in [0.15, 0.2) is 0 Å². The number of benzene rings is 1. The van der Waals surface area contributed by atoms with Crippen LogP contribution in [0, 0.1) is 17.8 Å². The van der Waals surface area contributed by atoms with Gasteiger partial charge in [-0.15, -0.1) is 12.4 Å². The van der Waals surface area contributed by atoms with Crippen LogP contribution in [0.2, 0.25) is 0 Å². The van der Waals surface area contributed by atoms with Crippen molar-refractivity contribution in [1.82, 2.24) is 24.3 Å². The number of hydrogen-bond acceptors (Lipinski definition) is 8. The lowest BCUT2D eigenvalue weighted by Crippen LogP contribution is -2.60. The number of aliphatic hydroxyl groups is 1. The summed E-state index contributed by atoms with van der Waals surface area (Å²) < 4.78 is 1.44. The van der Waals surface area contributed by atoms with Crippen LogP contribution in [0.25, 0.3) is 5.69 Å². The van der Waals surface area contributed by atoms with Crippen molar-refractivity contribution in [3.8, 4) is 5.69 Å². The number of hydrogen-bond donors (Lipinski definition) is 4. The van der Waals surface area contributed by atoms with E-state index in [0.717, 1.165) is 43.8 Å². The van der Waals surface area contributed by atoms with Crippen LogP contribution in [0.4, 0.5) is 10.6 Å². The Morgan fingerprint density at radius 1 is 1.10 bits per heavy atom. The molecule has 2 aromatic rings. The largest absolute Gasteiger partial charge is 0.394 e. The maximum Gasteiger partial charge on any atom is 0.354 e. The van der Waals surface area contributed by atoms with Crippen LogP contribution >= 0.6 is 12.4 Å². The molecule has 2 saturated heterocycles. The summed E-state index contributed by atoms with van der Waals surface area (Å²) in [4.78, 5) is 47.6. The van der Waals surface area contributed by atoms with Crippen molar-refractivity contribution >= 4 is 30.2 Å². The average Bonchev–Trinajstić information content (AvgIpc) is 3.42. The molecule has 1 aromatic carbocycles. The first kappa shape index (κ1) is 30.9. The lowest BCUT2D eigenvalue weighted by atomic mass is 10.0. The molecular formula is C28H41ClN8O4. The number of carbonyl (C=O) groups is 2. The second-order valence-electron chi connectivity index (χ2n) is 11.7. The molecule has 13 heteroatoms. The van der Waals surface area contributed by atoms with Crippen LogP contribution in [0.15, 0.2) is 41.3 Å². The summed E-state index contributed by atoms with van der Waals surface area (Å²) in [6.45, 7) is 7.59. The van der Waals surface area contributed by atoms with E-state index in [-0.39, 0.29) is 24.1 Å². The molecule has 1 aliphatic carbocycles. The molecule has 1 saturated carbocycles. The van der Waals surface area contributed by atoms with Crippen molar-refractivity contribution in [3.05, 3.63) is 52.6 Å². The molecule has 1 aromatic heterocycles. The molecule has 0 bridgehead atoms. The highest BCUT2D eigenvalue weighted by Gasteiger charge is 2.55. The number of aliphatic hydroxyl groups excluding tert-OH is 1. The predicted molar refractivity (Wildman–Crippen MR) is 158 cm³/mol. The standard InChI is InChI=1S/C28H40N8O4.ClH/c1-18(35-15-22-21(14-29)23(22)16-35)13-19-3-5-20(6-4-19)36-8-7-24(32-27(36)40)31-26(39)34-11-9-33(10-12-34)25(38)28(2,30)17-37;/h3-8,18,21-23,37H,9-17,29-30H2,1-2H3,(H,31,32,39,40);1H/t18?,21?,22?,23?,28-;/m0./s1. The number of nitrogens with two attached hydrogens (primary N) is 2. The number of carbonyl (C=O) groups excluding carboxylic acids is 2. The number of rotatable bonds is 8. The van der Waals surface area contributed by atoms with Gasteiger partial charge in [-0.05, 0) is 68.3 Å². The summed E-state index contributed by atoms with van der Waals surface area (Å²) >= 11 is 0. The van der Waals surface area contributed by atoms with Gasteiger partial charge < -0.3 is 26.4 Å². The van der Waals surface area contributed by atoms with E-state index in [4.69, 9.17) is 11.5 Å². The number of fused-ring (bicyclic) bond motifs is 1. The maximum absolute atomic E-state index is 12.8. The van der Waals surface area contributed by atoms with E-state index < -0.39 is 23.9 Å². The third-order valence-electron chi connectivity index (χ3n) is 8.75. The molecule has 4 atom stereocenters. The monoisotopic (exact) mass is 588 g/mol. The lowest BCUT2D eigenvalue weighted by Gasteiger charge is -2.37. The second kappa shape index (κ2) is 12.5. The minimum Gasteiger partial charge on any atom is -0.394 e. The van der Waals surface area contributed by atoms with Gasteiger partial charge in [-0.3, -0.25) is 19.6 Å². The van der Waals surface area contributed by atoms with Gasteiger partial charge in [-0.25, -0.2) is 9.59 Å². The number of likely N-dealkylation sites (tertiary alicyclic amines) is 1. The van der Waals surface area contributed by atoms with Crippen LogP contribution in [0.5, 0.6) is 0 Å². The number of aromatic nitrogens is 2. The number of anilines is 1. The summed E-state index contributed by atoms with van der Waals surface area (Å²) in [7, 11) is 0. The minimum absolute atomic E-state index is 0. The predicted octanol–water partition coefficient (Wildman–Crippen LogP) is 0.108. The van der Waals surface area contributed by atoms with Gasteiger partial charge in [-0.2, -0.15) is 4.98 Å². The Labute approximate surface area is 246 Å². The quantitative estimate of drug-likeness (QED) is 0.337. The average molecular weight is 589 g/mol. The Bertz CT molecular complexity index is 1280. The molecule has 2 aliphatic heterocycles. The Balaban J connectivity index is 0.00000387. The summed E-state index contributed by atoms with van der Waals surface area (Å²) in [5.74, 6) is 2.09. The number of amides is 3. The number of halogens is 1. The highest BCUT2D eigenvalue weighted by molar-refractivity contribution is 5.89. The van der Waals surface area contributed by atoms with Crippen molar-refractivity contribution in [2.45, 2.75) is 31.8 Å². The molecule has 3 unspecified atom stereocenters. The van der Waals surface area contributed by atoms with Crippen LogP contribution in [-0.2, 0) is 11.2 Å². The number of urea groups is 1. The van der Waals surface area contributed by atoms with Crippen molar-refractivity contribution in [3.63, 3.8) is 0 Å². The molecule has 224 valence electrons. The summed E-state index contributed by atoms with van der Waals surface area (Å²) in [5, 5.41) is 12.0. The number of nitrogens with zero attached hydrogens (tertiary/aromatic N) is 5. The molecule has 3 fully saturated rings. The fourth-order valence-electron chi connectivity index (χ4n) is 6.05. The topological polar surface area (TPSA) is 163 Å². The fourth-order valence-corrected chi connectivity index (χ4v) is 6.05. The van der Waals surface area contributed by atoms with E-state index in [2.05, 4.69) is 22.1 Å². The molecule has 3 heterocycles. The third kappa shape index (κ3) is 6.57. The molecule has 3 amide bonds. The molecule has 3 aliphatic rings. The zero-order chi connectivity index (χ0) is 28.6. The molecule has 0 spiro atoms. The summed E-state index contributed by atoms with van der Waals surface area (Å²) in [6.07, 6.45) is 2.54. The maximum atomic E-state index is 12.8. The number of nitrogens with one attached hydrogen (secondary N) is 1. The zero-order valence-corrected chi connectivity index (χ0v) is 24.4. The zero-order valence-electron chi connectivity index (χ0n) is 23.6. The molecule has 5 rings (SSSR count). The number of piperidine rings is 1. The number of piperazine rings is 1. The molecule has 6 N–H and O–H groups in total. The first-order valence-corrected chi connectivity index (χ1v) is 14.0. The van der Waals surface area contributed by atoms with Gasteiger partial charge in [0.2, 0.25) is 5.91 Å². The Morgan fingerprint density at radius 2 is 1.71 bits per heavy atom. The van der Waals surface area contributed by atoms with Gasteiger partial charge in [0.05, 0.1) is 12.3 Å². The van der Waals surface area contributed by atoms with E-state index >= 15 is 0 Å². The van der Waals surface area contributed by atoms with E-state index in [1.807, 2.05) is 24.3 Å². The molecule has 12 nitrogen and oxygen atoms in total. The van der Waals surface area contributed by atoms with Gasteiger partial charge in [0.1, 0.15) is 11.4 Å². The van der Waals surface area contributed by atoms with Crippen LogP contribution in [0.3, 0.4) is 0 Å². The van der Waals surface area contributed by atoms with Crippen molar-refractivity contribution < 1.29 is 14.7 Å². The minimum atomic E-state index is -1.35. The first-order chi connectivity index (χ1) is 19.1. The van der Waals surface area contributed by atoms with Gasteiger partial charge in [0.25, 0.3) is 0 Å². The van der Waals surface area contributed by atoms with Crippen molar-refractivity contribution in [1.29, 1.82) is 0 Å². The van der Waals surface area contributed by atoms with E-state index in [1.54, 1.807) is 17.2 Å². The van der Waals surface area contributed by atoms with E-state index in [1.165, 1.54) is 22.0 Å². The van der Waals surface area contributed by atoms with Crippen molar-refractivity contribution in [2.75, 3.05) is 57.7 Å². The highest BCUT2D eigenvalue weighted by atomic mass is 35.5. The molecule has 41 heavy (non-hydrogen) atoms. The fraction of sp³-hybridized carbons (Fsp3) is 0.571. The summed E-state index contributed by atoms with van der Waals surface area (Å²) in [5.41, 5.74) is 11.8. The van der Waals surface area contributed by atoms with Crippen LogP contribution < -0.4 is 22.5 Å². The SMILES string of the molecule is CC(Cc1ccc(-n2ccc(NC(=O)N3CCN(C(=O)[C@@](C)(N)CO)CC3)nc2=O)cc1)N1CC2C(CN)C2C1.Cl. The molecular weight excluding hydrogens is 548 g/mol. The normalized spacial score (nSPS) is 24.2. The third-order valence-corrected chi connectivity index (χ3v) is 8.75. The second-order valence-corrected chi connectivity index (χ2v) is 11.7. The van der Waals surface area contributed by atoms with E-state index in [0.29, 0.717) is 37.9 Å². The van der Waals surface area contributed by atoms with Crippen LogP contribution in [-0.4, -0.2) is 105 Å². The highest BCUT2D eigenvalue weighted by Crippen LogP contribution is 2.51. The lowest BCUT2D eigenvalue weighted by molar-refractivity contribution is -0.139. The Hall–Kier alpha value is -3.03. The van der Waals surface area contributed by atoms with Crippen LogP contribution in [0.1, 0.15) is 19.4 Å². The summed E-state index contributed by atoms with van der Waals surface area (Å²) in [6, 6.07) is 9.56. The van der Waals surface area contributed by atoms with Gasteiger partial charge >= 0.3 is 11.7 Å². The van der Waals surface area contributed by atoms with E-state index in [9.17, 15) is 19.5 Å². The van der Waals surface area contributed by atoms with Gasteiger partial charge in [0, 0.05) is 51.5 Å².